The standard InChI is InChI=1S/C11H23NO3/c1-4-6-7-8-12(3)9-10(11(13)14)15-5-2/h10H,4-9H2,1-3H3,(H,13,14). The molecule has 0 aliphatic carbocycles. The normalized spacial score (nSPS) is 13.1. The molecule has 4 heteroatoms. The maximum atomic E-state index is 10.8. The summed E-state index contributed by atoms with van der Waals surface area (Å²) in [6.45, 7) is 5.81. The van der Waals surface area contributed by atoms with Gasteiger partial charge in [0.05, 0.1) is 0 Å². The molecule has 0 fully saturated rings. The van der Waals surface area contributed by atoms with Gasteiger partial charge in [0.15, 0.2) is 6.10 Å². The molecule has 0 spiro atoms. The molecule has 0 bridgehead atoms. The second-order valence-electron chi connectivity index (χ2n) is 3.75. The monoisotopic (exact) mass is 217 g/mol. The van der Waals surface area contributed by atoms with Gasteiger partial charge in [-0.3, -0.25) is 0 Å². The number of rotatable bonds is 9. The Balaban J connectivity index is 3.78. The Hall–Kier alpha value is -0.610. The lowest BCUT2D eigenvalue weighted by molar-refractivity contribution is -0.151. The second kappa shape index (κ2) is 8.68. The van der Waals surface area contributed by atoms with Crippen LogP contribution in [0.1, 0.15) is 33.1 Å². The fraction of sp³-hybridized carbons (Fsp3) is 0.909. The Bertz CT molecular complexity index is 173. The van der Waals surface area contributed by atoms with Crippen molar-refractivity contribution in [2.24, 2.45) is 0 Å². The van der Waals surface area contributed by atoms with Crippen LogP contribution in [0.5, 0.6) is 0 Å². The summed E-state index contributed by atoms with van der Waals surface area (Å²) in [6, 6.07) is 0. The van der Waals surface area contributed by atoms with Gasteiger partial charge >= 0.3 is 5.97 Å². The number of carboxylic acids is 1. The van der Waals surface area contributed by atoms with Gasteiger partial charge in [0.1, 0.15) is 0 Å². The summed E-state index contributed by atoms with van der Waals surface area (Å²) in [5.74, 6) is -0.876. The van der Waals surface area contributed by atoms with Gasteiger partial charge in [-0.25, -0.2) is 4.79 Å². The first-order valence-electron chi connectivity index (χ1n) is 5.64. The minimum atomic E-state index is -0.876. The van der Waals surface area contributed by atoms with E-state index in [9.17, 15) is 4.79 Å². The van der Waals surface area contributed by atoms with Crippen molar-refractivity contribution in [3.8, 4) is 0 Å². The van der Waals surface area contributed by atoms with Crippen LogP contribution >= 0.6 is 0 Å². The smallest absolute Gasteiger partial charge is 0.334 e. The van der Waals surface area contributed by atoms with E-state index in [1.807, 2.05) is 18.9 Å². The van der Waals surface area contributed by atoms with Gasteiger partial charge in [-0.15, -0.1) is 0 Å². The van der Waals surface area contributed by atoms with Crippen LogP contribution in [0, 0.1) is 0 Å². The highest BCUT2D eigenvalue weighted by atomic mass is 16.5. The summed E-state index contributed by atoms with van der Waals surface area (Å²) in [5, 5.41) is 8.87. The first kappa shape index (κ1) is 14.4. The first-order valence-corrected chi connectivity index (χ1v) is 5.64. The van der Waals surface area contributed by atoms with E-state index in [0.29, 0.717) is 13.2 Å². The van der Waals surface area contributed by atoms with Crippen LogP contribution in [0.4, 0.5) is 0 Å². The van der Waals surface area contributed by atoms with Crippen LogP contribution in [0.15, 0.2) is 0 Å². The van der Waals surface area contributed by atoms with Crippen molar-refractivity contribution in [3.63, 3.8) is 0 Å². The van der Waals surface area contributed by atoms with Crippen molar-refractivity contribution >= 4 is 5.97 Å². The molecule has 1 atom stereocenters. The van der Waals surface area contributed by atoms with Gasteiger partial charge in [0, 0.05) is 13.2 Å². The third-order valence-corrected chi connectivity index (χ3v) is 2.26. The van der Waals surface area contributed by atoms with Crippen molar-refractivity contribution in [2.45, 2.75) is 39.2 Å². The third kappa shape index (κ3) is 7.33. The van der Waals surface area contributed by atoms with Crippen molar-refractivity contribution in [1.29, 1.82) is 0 Å². The number of ether oxygens (including phenoxy) is 1. The Labute approximate surface area is 92.2 Å². The van der Waals surface area contributed by atoms with Crippen molar-refractivity contribution < 1.29 is 14.6 Å². The van der Waals surface area contributed by atoms with Crippen molar-refractivity contribution in [3.05, 3.63) is 0 Å². The summed E-state index contributed by atoms with van der Waals surface area (Å²) >= 11 is 0. The molecule has 0 heterocycles. The lowest BCUT2D eigenvalue weighted by Gasteiger charge is -2.21. The molecule has 0 saturated carbocycles. The van der Waals surface area contributed by atoms with E-state index in [0.717, 1.165) is 13.0 Å². The average Bonchev–Trinajstić information content (AvgIpc) is 2.17. The van der Waals surface area contributed by atoms with Crippen molar-refractivity contribution in [1.82, 2.24) is 4.90 Å². The zero-order valence-electron chi connectivity index (χ0n) is 10.0. The quantitative estimate of drug-likeness (QED) is 0.596. The number of hydrogen-bond acceptors (Lipinski definition) is 3. The van der Waals surface area contributed by atoms with Crippen LogP contribution in [0.3, 0.4) is 0 Å². The fourth-order valence-corrected chi connectivity index (χ4v) is 1.41. The zero-order valence-corrected chi connectivity index (χ0v) is 10.0. The van der Waals surface area contributed by atoms with E-state index in [1.54, 1.807) is 0 Å². The Morgan fingerprint density at radius 2 is 2.07 bits per heavy atom. The van der Waals surface area contributed by atoms with E-state index < -0.39 is 12.1 Å². The minimum Gasteiger partial charge on any atom is -0.479 e. The molecular formula is C11H23NO3. The topological polar surface area (TPSA) is 49.8 Å². The predicted octanol–water partition coefficient (Wildman–Crippen LogP) is 1.60. The molecule has 15 heavy (non-hydrogen) atoms. The van der Waals surface area contributed by atoms with Gasteiger partial charge in [0.2, 0.25) is 0 Å². The zero-order chi connectivity index (χ0) is 11.7. The molecule has 90 valence electrons. The molecule has 0 amide bonds. The summed E-state index contributed by atoms with van der Waals surface area (Å²) < 4.78 is 5.14. The molecule has 0 aliphatic heterocycles. The van der Waals surface area contributed by atoms with E-state index in [4.69, 9.17) is 9.84 Å². The van der Waals surface area contributed by atoms with Crippen molar-refractivity contribution in [2.75, 3.05) is 26.7 Å². The summed E-state index contributed by atoms with van der Waals surface area (Å²) in [5.41, 5.74) is 0. The highest BCUT2D eigenvalue weighted by molar-refractivity contribution is 5.72. The molecule has 0 aromatic heterocycles. The number of hydrogen-bond donors (Lipinski definition) is 1. The van der Waals surface area contributed by atoms with E-state index in [-0.39, 0.29) is 0 Å². The average molecular weight is 217 g/mol. The molecule has 0 saturated heterocycles. The van der Waals surface area contributed by atoms with E-state index in [1.165, 1.54) is 12.8 Å². The largest absolute Gasteiger partial charge is 0.479 e. The second-order valence-corrected chi connectivity index (χ2v) is 3.75. The number of likely N-dealkylation sites (N-methyl/N-ethyl adjacent to an activating group) is 1. The highest BCUT2D eigenvalue weighted by Crippen LogP contribution is 2.00. The molecule has 0 aromatic rings. The van der Waals surface area contributed by atoms with Crippen LogP contribution in [-0.4, -0.2) is 48.8 Å². The lowest BCUT2D eigenvalue weighted by Crippen LogP contribution is -2.37. The Morgan fingerprint density at radius 1 is 1.40 bits per heavy atom. The fourth-order valence-electron chi connectivity index (χ4n) is 1.41. The van der Waals surface area contributed by atoms with Gasteiger partial charge in [-0.1, -0.05) is 19.8 Å². The lowest BCUT2D eigenvalue weighted by atomic mass is 10.2. The summed E-state index contributed by atoms with van der Waals surface area (Å²) in [7, 11) is 1.94. The molecule has 0 rings (SSSR count). The molecule has 4 nitrogen and oxygen atoms in total. The van der Waals surface area contributed by atoms with E-state index >= 15 is 0 Å². The number of carboxylic acid groups (broad SMARTS) is 1. The first-order chi connectivity index (χ1) is 7.11. The van der Waals surface area contributed by atoms with Crippen LogP contribution in [0.2, 0.25) is 0 Å². The number of aliphatic carboxylic acids is 1. The highest BCUT2D eigenvalue weighted by Gasteiger charge is 2.18. The summed E-state index contributed by atoms with van der Waals surface area (Å²) in [4.78, 5) is 12.8. The Morgan fingerprint density at radius 3 is 2.53 bits per heavy atom. The third-order valence-electron chi connectivity index (χ3n) is 2.26. The maximum Gasteiger partial charge on any atom is 0.334 e. The number of nitrogens with zero attached hydrogens (tertiary/aromatic N) is 1. The molecule has 1 N–H and O–H groups in total. The van der Waals surface area contributed by atoms with Gasteiger partial charge < -0.3 is 14.7 Å². The van der Waals surface area contributed by atoms with Crippen LogP contribution in [-0.2, 0) is 9.53 Å². The number of carbonyl (C=O) groups is 1. The van der Waals surface area contributed by atoms with Gasteiger partial charge in [-0.2, -0.15) is 0 Å². The van der Waals surface area contributed by atoms with E-state index in [2.05, 4.69) is 6.92 Å². The Kier molecular flexibility index (Phi) is 8.33. The van der Waals surface area contributed by atoms with Crippen LogP contribution in [0.25, 0.3) is 0 Å². The molecule has 0 aromatic carbocycles. The van der Waals surface area contributed by atoms with Gasteiger partial charge in [0.25, 0.3) is 0 Å². The van der Waals surface area contributed by atoms with Gasteiger partial charge in [-0.05, 0) is 26.9 Å². The number of unbranched alkanes of at least 4 members (excludes halogenated alkanes) is 2. The molecule has 0 aliphatic rings. The molecule has 0 radical (unpaired) electrons. The maximum absolute atomic E-state index is 10.8. The molecule has 1 unspecified atom stereocenters. The van der Waals surface area contributed by atoms with Crippen LogP contribution < -0.4 is 0 Å². The minimum absolute atomic E-state index is 0.444. The summed E-state index contributed by atoms with van der Waals surface area (Å²) in [6.07, 6.45) is 2.80. The SMILES string of the molecule is CCCCCN(C)CC(OCC)C(=O)O. The predicted molar refractivity (Wildman–Crippen MR) is 60.1 cm³/mol. The molecular weight excluding hydrogens is 194 g/mol.